The first-order chi connectivity index (χ1) is 43.5. The number of amides is 6. The maximum Gasteiger partial charge on any atom is 0.412 e. The summed E-state index contributed by atoms with van der Waals surface area (Å²) in [6, 6.07) is 14.7. The van der Waals surface area contributed by atoms with Gasteiger partial charge in [0, 0.05) is 65.9 Å². The number of methoxy groups -OCH3 is 2. The van der Waals surface area contributed by atoms with Gasteiger partial charge in [-0.15, -0.1) is 0 Å². The van der Waals surface area contributed by atoms with Gasteiger partial charge in [0.1, 0.15) is 52.9 Å². The number of aliphatic imine (C=N–C) groups is 1. The molecule has 3 aliphatic heterocycles. The number of epoxide rings is 1. The third kappa shape index (κ3) is 19.9. The molecule has 92 heavy (non-hydrogen) atoms. The van der Waals surface area contributed by atoms with Gasteiger partial charge in [0.2, 0.25) is 11.8 Å². The van der Waals surface area contributed by atoms with Crippen LogP contribution in [0.15, 0.2) is 89.5 Å². The predicted molar refractivity (Wildman–Crippen MR) is 351 cm³/mol. The molecule has 3 aromatic carbocycles. The van der Waals surface area contributed by atoms with Crippen molar-refractivity contribution in [1.29, 1.82) is 0 Å². The molecule has 0 aromatic heterocycles. The van der Waals surface area contributed by atoms with Gasteiger partial charge in [-0.3, -0.25) is 29.0 Å². The molecule has 5 N–H and O–H groups in total. The highest BCUT2D eigenvalue weighted by Gasteiger charge is 2.64. The number of likely N-dealkylation sites (N-methyl/N-ethyl adjacent to an activating group) is 1. The molecule has 498 valence electrons. The first-order valence-corrected chi connectivity index (χ1v) is 31.4. The average molecular weight is 1330 g/mol. The minimum Gasteiger partial charge on any atom is -0.495 e. The number of Topliss-reactive ketones (excluding diaryl/α,β-unsaturated/α-hetero) is 1. The molecule has 4 bridgehead atoms. The first kappa shape index (κ1) is 73.4. The molecular weight excluding hydrogens is 1250 g/mol. The van der Waals surface area contributed by atoms with Crippen LogP contribution in [-0.2, 0) is 78.3 Å². The third-order valence-corrected chi connectivity index (χ3v) is 17.7. The minimum absolute atomic E-state index is 0.0223. The molecule has 3 aliphatic rings. The van der Waals surface area contributed by atoms with E-state index in [2.05, 4.69) is 20.8 Å². The normalized spacial score (nSPS) is 23.3. The molecule has 3 heterocycles. The van der Waals surface area contributed by atoms with Crippen molar-refractivity contribution in [3.63, 3.8) is 0 Å². The number of anilines is 1. The number of ketones is 1. The van der Waals surface area contributed by atoms with Crippen molar-refractivity contribution in [2.45, 2.75) is 154 Å². The summed E-state index contributed by atoms with van der Waals surface area (Å²) in [7, 11) is 7.05. The number of hydrogen-bond donors (Lipinski definition) is 4. The number of ether oxygens (including phenoxy) is 7. The van der Waals surface area contributed by atoms with Crippen LogP contribution >= 0.6 is 36.0 Å². The van der Waals surface area contributed by atoms with Gasteiger partial charge in [-0.2, -0.15) is 4.99 Å². The van der Waals surface area contributed by atoms with E-state index < -0.39 is 109 Å². The number of isothiocyanates is 1. The number of esters is 2. The lowest BCUT2D eigenvalue weighted by molar-refractivity contribution is -0.187. The molecule has 23 nitrogen and oxygen atoms in total. The lowest BCUT2D eigenvalue weighted by Crippen LogP contribution is -2.53. The smallest absolute Gasteiger partial charge is 0.412 e. The van der Waals surface area contributed by atoms with Crippen molar-refractivity contribution in [3.8, 4) is 5.75 Å². The van der Waals surface area contributed by atoms with E-state index in [0.29, 0.717) is 58.8 Å². The van der Waals surface area contributed by atoms with Crippen molar-refractivity contribution < 1.29 is 76.6 Å². The first-order valence-electron chi connectivity index (χ1n) is 30.2. The van der Waals surface area contributed by atoms with E-state index in [-0.39, 0.29) is 61.5 Å². The van der Waals surface area contributed by atoms with Crippen LogP contribution in [0, 0.1) is 17.8 Å². The van der Waals surface area contributed by atoms with Crippen LogP contribution in [0.1, 0.15) is 102 Å². The highest BCUT2D eigenvalue weighted by molar-refractivity contribution is 7.80. The van der Waals surface area contributed by atoms with Crippen LogP contribution < -0.4 is 26.0 Å². The van der Waals surface area contributed by atoms with E-state index in [1.807, 2.05) is 39.0 Å². The van der Waals surface area contributed by atoms with Crippen molar-refractivity contribution >= 4 is 105 Å². The number of carbonyl (C=O) groups is 8. The molecule has 2 fully saturated rings. The van der Waals surface area contributed by atoms with Crippen molar-refractivity contribution in [3.05, 3.63) is 112 Å². The van der Waals surface area contributed by atoms with Gasteiger partial charge in [-0.1, -0.05) is 105 Å². The average Bonchev–Trinajstić information content (AvgIpc) is 1.57. The number of halogens is 1. The van der Waals surface area contributed by atoms with Crippen LogP contribution in [0.4, 0.5) is 25.8 Å². The molecule has 0 saturated carbocycles. The Morgan fingerprint density at radius 2 is 1.64 bits per heavy atom. The van der Waals surface area contributed by atoms with Crippen molar-refractivity contribution in [1.82, 2.24) is 20.4 Å². The molecular formula is C66H84ClN7O16S2. The summed E-state index contributed by atoms with van der Waals surface area (Å²) in [5.41, 5.74) is 7.01. The molecule has 0 radical (unpaired) electrons. The SMILES string of the molecule is COc1cc2cc(c1Cl)N(C)C(=O)C[C@H](OC(=O)[C@H](C)N(C)C(=O)OCN(C)C(=O)OCc1ccc(CC(=O)[C@H](CCCNC(N)=O)NC(=O)[C@@H](CC(=S)Cc3ccc(N=C=S)cc3)C(C)C)cc1)[C@]1(C)O[C@H]1[C@H](C)[C@@H]1C[C@@](O)(CC(=O)O1)[C@H](OC)/C=C/C=C(\C)C2. The summed E-state index contributed by atoms with van der Waals surface area (Å²) >= 11 is 17.3. The molecule has 10 atom stereocenters. The van der Waals surface area contributed by atoms with Gasteiger partial charge in [0.25, 0.3) is 0 Å². The molecule has 2 saturated heterocycles. The summed E-state index contributed by atoms with van der Waals surface area (Å²) in [4.78, 5) is 116. The van der Waals surface area contributed by atoms with E-state index in [1.165, 1.54) is 47.2 Å². The highest BCUT2D eigenvalue weighted by atomic mass is 35.5. The summed E-state index contributed by atoms with van der Waals surface area (Å²) in [5, 5.41) is 20.0. The number of allylic oxidation sites excluding steroid dienone is 3. The second-order valence-corrected chi connectivity index (χ2v) is 25.3. The Kier molecular flexibility index (Phi) is 26.6. The number of rotatable bonds is 24. The maximum atomic E-state index is 14.4. The lowest BCUT2D eigenvalue weighted by Gasteiger charge is -2.41. The van der Waals surface area contributed by atoms with E-state index in [1.54, 1.807) is 74.5 Å². The summed E-state index contributed by atoms with van der Waals surface area (Å²) in [5.74, 6) is -3.63. The number of hydrogen-bond acceptors (Lipinski definition) is 19. The zero-order valence-corrected chi connectivity index (χ0v) is 56.2. The van der Waals surface area contributed by atoms with E-state index >= 15 is 0 Å². The molecule has 0 aliphatic carbocycles. The van der Waals surface area contributed by atoms with Crippen LogP contribution in [0.3, 0.4) is 0 Å². The van der Waals surface area contributed by atoms with Gasteiger partial charge in [-0.05, 0) is 116 Å². The predicted octanol–water partition coefficient (Wildman–Crippen LogP) is 8.65. The third-order valence-electron chi connectivity index (χ3n) is 16.9. The highest BCUT2D eigenvalue weighted by Crippen LogP contribution is 2.50. The number of primary amides is 1. The second kappa shape index (κ2) is 33.3. The van der Waals surface area contributed by atoms with Crippen LogP contribution in [0.5, 0.6) is 5.75 Å². The Bertz CT molecular complexity index is 3310. The van der Waals surface area contributed by atoms with Gasteiger partial charge in [-0.25, -0.2) is 19.2 Å². The van der Waals surface area contributed by atoms with Gasteiger partial charge >= 0.3 is 30.2 Å². The van der Waals surface area contributed by atoms with Crippen LogP contribution in [0.25, 0.3) is 0 Å². The number of nitrogens with two attached hydrogens (primary N) is 1. The number of fused-ring (bicyclic) bond motifs is 5. The number of carbonyl (C=O) groups excluding carboxylic acids is 8. The fourth-order valence-corrected chi connectivity index (χ4v) is 11.8. The fraction of sp³-hybridized carbons (Fsp3) is 0.515. The Balaban J connectivity index is 1.06. The summed E-state index contributed by atoms with van der Waals surface area (Å²) < 4.78 is 40.5. The Morgan fingerprint density at radius 1 is 0.978 bits per heavy atom. The zero-order valence-electron chi connectivity index (χ0n) is 53.8. The number of aliphatic hydroxyl groups is 1. The van der Waals surface area contributed by atoms with Gasteiger partial charge < -0.3 is 59.5 Å². The van der Waals surface area contributed by atoms with E-state index in [4.69, 9.17) is 74.9 Å². The van der Waals surface area contributed by atoms with Crippen LogP contribution in [0.2, 0.25) is 5.02 Å². The van der Waals surface area contributed by atoms with Gasteiger partial charge in [0.15, 0.2) is 12.5 Å². The summed E-state index contributed by atoms with van der Waals surface area (Å²) in [6.45, 7) is 9.96. The second-order valence-electron chi connectivity index (χ2n) is 24.2. The molecule has 0 unspecified atom stereocenters. The number of nitrogens with one attached hydrogen (secondary N) is 2. The summed E-state index contributed by atoms with van der Waals surface area (Å²) in [6.07, 6.45) is 0.469. The van der Waals surface area contributed by atoms with Crippen molar-refractivity contribution in [2.24, 2.45) is 28.5 Å². The standard InChI is InChI=1S/C66H84ClN7O16S2/c1-38(2)48(31-47(92)27-42-21-23-46(24-22-42)70-36-91)60(78)71-49(15-13-25-69-62(68)80)51(75)29-43-17-19-44(20-18-43)35-86-63(81)72(7)37-87-64(82)73(8)41(5)61(79)89-55-32-56(76)74(9)50-28-45(30-52(84-10)58(50)67)26-39(3)14-12-16-54(85-11)66(83)33-53(88-57(77)34-66)40(4)59-65(55,6)90-59/h12,14,16-24,28,30,38,40-41,48-49,53-55,59,83H,13,15,25-27,29,31-35,37H2,1-11H3,(H,71,78)(H3,68,69,80)/b16-12+,39-14+/t40-,41+,48+,49+,53+,54-,55+,59+,65+,66-/m1/s1. The van der Waals surface area contributed by atoms with Crippen molar-refractivity contribution in [2.75, 3.05) is 53.5 Å². The number of thiocarbonyl (C=S) groups is 2. The molecule has 0 spiro atoms. The molecule has 26 heteroatoms. The monoisotopic (exact) mass is 1330 g/mol. The Morgan fingerprint density at radius 3 is 2.28 bits per heavy atom. The van der Waals surface area contributed by atoms with E-state index in [0.717, 1.165) is 26.5 Å². The van der Waals surface area contributed by atoms with E-state index in [9.17, 15) is 43.5 Å². The molecule has 6 amide bonds. The van der Waals surface area contributed by atoms with Crippen LogP contribution in [-0.4, -0.2) is 169 Å². The topological polar surface area (TPSA) is 297 Å². The Hall–Kier alpha value is -7.64. The number of nitrogens with zero attached hydrogens (tertiary/aromatic N) is 4. The van der Waals surface area contributed by atoms with Gasteiger partial charge in [0.05, 0.1) is 48.6 Å². The minimum atomic E-state index is -1.66. The lowest BCUT2D eigenvalue weighted by atomic mass is 9.78. The largest absolute Gasteiger partial charge is 0.495 e. The molecule has 6 rings (SSSR count). The maximum absolute atomic E-state index is 14.4. The Labute approximate surface area is 552 Å². The quantitative estimate of drug-likeness (QED) is 0.0124. The zero-order chi connectivity index (χ0) is 67.8. The number of benzene rings is 3. The molecule has 3 aromatic rings. The number of urea groups is 1. The fourth-order valence-electron chi connectivity index (χ4n) is 11.1.